The molecule has 0 aromatic heterocycles. The number of hydrogen-bond donors (Lipinski definition) is 4. The number of primary amides is 2. The van der Waals surface area contributed by atoms with E-state index in [4.69, 9.17) is 22.9 Å². The molecule has 0 rings (SSSR count). The highest BCUT2D eigenvalue weighted by atomic mass is 32.2. The number of rotatable bonds is 10. The molecule has 0 unspecified atom stereocenters. The van der Waals surface area contributed by atoms with Gasteiger partial charge in [0.15, 0.2) is 0 Å². The van der Waals surface area contributed by atoms with Crippen LogP contribution in [0.4, 0.5) is 0 Å². The quantitative estimate of drug-likeness (QED) is 0.324. The van der Waals surface area contributed by atoms with Crippen LogP contribution in [0.15, 0.2) is 0 Å². The van der Waals surface area contributed by atoms with E-state index in [0.717, 1.165) is 0 Å². The van der Waals surface area contributed by atoms with Crippen LogP contribution in [0.2, 0.25) is 0 Å². The van der Waals surface area contributed by atoms with Crippen molar-refractivity contribution in [1.29, 1.82) is 0 Å². The molecule has 0 heterocycles. The minimum absolute atomic E-state index is 0.0147. The number of carbonyl (C=O) groups is 4. The molecule has 2 amide bonds. The van der Waals surface area contributed by atoms with Crippen LogP contribution in [0, 0.1) is 0 Å². The van der Waals surface area contributed by atoms with Crippen molar-refractivity contribution < 1.29 is 27.5 Å². The van der Waals surface area contributed by atoms with Crippen LogP contribution in [0.1, 0.15) is 25.7 Å². The molecule has 0 fully saturated rings. The third-order valence-corrected chi connectivity index (χ3v) is 2.71. The van der Waals surface area contributed by atoms with Gasteiger partial charge in [-0.25, -0.2) is 9.59 Å². The van der Waals surface area contributed by atoms with E-state index in [1.54, 1.807) is 0 Å². The molecule has 0 aromatic rings. The lowest BCUT2D eigenvalue weighted by atomic mass is 10.2. The van der Waals surface area contributed by atoms with Gasteiger partial charge in [-0.3, -0.25) is 9.59 Å². The molecular weight excluding hydrogens is 304 g/mol. The van der Waals surface area contributed by atoms with Gasteiger partial charge in [0.1, 0.15) is 12.1 Å². The van der Waals surface area contributed by atoms with Gasteiger partial charge in [0.2, 0.25) is 11.8 Å². The Labute approximate surface area is 125 Å². The van der Waals surface area contributed by atoms with Gasteiger partial charge in [0.25, 0.3) is 12.3 Å². The van der Waals surface area contributed by atoms with E-state index < -0.39 is 35.8 Å². The molecule has 10 nitrogen and oxygen atoms in total. The normalized spacial score (nSPS) is 13.0. The Morgan fingerprint density at radius 1 is 0.810 bits per heavy atom. The van der Waals surface area contributed by atoms with Gasteiger partial charge in [-0.05, 0) is 12.8 Å². The third-order valence-electron chi connectivity index (χ3n) is 2.24. The average molecular weight is 322 g/mol. The number of carbonyl (C=O) groups excluding carboxylic acids is 4. The van der Waals surface area contributed by atoms with Crippen molar-refractivity contribution >= 4 is 36.1 Å². The molecule has 0 radical (unpaired) electrons. The fourth-order valence-corrected chi connectivity index (χ4v) is 1.45. The summed E-state index contributed by atoms with van der Waals surface area (Å²) < 4.78 is 8.99. The van der Waals surface area contributed by atoms with Crippen molar-refractivity contribution in [2.24, 2.45) is 22.9 Å². The van der Waals surface area contributed by atoms with E-state index in [1.165, 1.54) is 0 Å². The van der Waals surface area contributed by atoms with Crippen molar-refractivity contribution in [3.8, 4) is 0 Å². The smallest absolute Gasteiger partial charge is 0.337 e. The van der Waals surface area contributed by atoms with E-state index >= 15 is 0 Å². The first kappa shape index (κ1) is 19.1. The standard InChI is InChI=1S/C10H18N4O6S/c11-5(1-3-7(13)15)9(17)19-21-20-10(18)6(12)2-4-8(14)16/h5-6H,1-4,11-12H2,(H2,13,15)(H2,14,16)/t5-,6-/m0/s1. The molecule has 0 bridgehead atoms. The van der Waals surface area contributed by atoms with Crippen LogP contribution >= 0.6 is 12.3 Å². The van der Waals surface area contributed by atoms with Crippen molar-refractivity contribution in [2.75, 3.05) is 0 Å². The molecule has 0 spiro atoms. The summed E-state index contributed by atoms with van der Waals surface area (Å²) in [6.07, 6.45) is -0.112. The fraction of sp³-hybridized carbons (Fsp3) is 0.600. The lowest BCUT2D eigenvalue weighted by Gasteiger charge is -2.10. The summed E-state index contributed by atoms with van der Waals surface area (Å²) in [4.78, 5) is 43.7. The Kier molecular flexibility index (Phi) is 9.08. The zero-order chi connectivity index (χ0) is 16.4. The van der Waals surface area contributed by atoms with Gasteiger partial charge in [-0.15, -0.1) is 0 Å². The zero-order valence-corrected chi connectivity index (χ0v) is 12.0. The maximum atomic E-state index is 11.3. The van der Waals surface area contributed by atoms with Crippen molar-refractivity contribution in [2.45, 2.75) is 37.8 Å². The Balaban J connectivity index is 3.91. The molecule has 0 aliphatic rings. The predicted molar refractivity (Wildman–Crippen MR) is 72.6 cm³/mol. The maximum Gasteiger partial charge on any atom is 0.337 e. The second-order valence-electron chi connectivity index (χ2n) is 4.10. The van der Waals surface area contributed by atoms with Crippen LogP contribution in [0.3, 0.4) is 0 Å². The molecule has 21 heavy (non-hydrogen) atoms. The third kappa shape index (κ3) is 9.65. The summed E-state index contributed by atoms with van der Waals surface area (Å²) >= 11 is 0.103. The summed E-state index contributed by atoms with van der Waals surface area (Å²) in [6, 6.07) is -2.13. The second kappa shape index (κ2) is 9.96. The number of amides is 2. The minimum Gasteiger partial charge on any atom is -0.370 e. The van der Waals surface area contributed by atoms with Gasteiger partial charge in [0, 0.05) is 12.8 Å². The van der Waals surface area contributed by atoms with Gasteiger partial charge in [-0.2, -0.15) is 0 Å². The molecule has 0 saturated carbocycles. The first-order valence-corrected chi connectivity index (χ1v) is 6.57. The van der Waals surface area contributed by atoms with Crippen LogP contribution < -0.4 is 22.9 Å². The Bertz CT molecular complexity index is 369. The summed E-state index contributed by atoms with van der Waals surface area (Å²) in [7, 11) is 0. The highest BCUT2D eigenvalue weighted by Gasteiger charge is 2.20. The van der Waals surface area contributed by atoms with E-state index in [-0.39, 0.29) is 38.0 Å². The molecule has 0 aromatic carbocycles. The van der Waals surface area contributed by atoms with Crippen LogP contribution in [0.5, 0.6) is 0 Å². The summed E-state index contributed by atoms with van der Waals surface area (Å²) in [5.41, 5.74) is 20.6. The first-order chi connectivity index (χ1) is 9.73. The Morgan fingerprint density at radius 3 is 1.43 bits per heavy atom. The molecule has 2 atom stereocenters. The Hall–Kier alpha value is -1.85. The van der Waals surface area contributed by atoms with Gasteiger partial charge in [-0.1, -0.05) is 0 Å². The monoisotopic (exact) mass is 322 g/mol. The van der Waals surface area contributed by atoms with Gasteiger partial charge in [0.05, 0.1) is 0 Å². The van der Waals surface area contributed by atoms with Crippen LogP contribution in [-0.2, 0) is 27.5 Å². The summed E-state index contributed by atoms with van der Waals surface area (Å²) in [5, 5.41) is 0. The largest absolute Gasteiger partial charge is 0.370 e. The highest BCUT2D eigenvalue weighted by Crippen LogP contribution is 2.10. The molecule has 0 aliphatic carbocycles. The van der Waals surface area contributed by atoms with E-state index in [0.29, 0.717) is 0 Å². The molecule has 120 valence electrons. The number of hydrogen-bond acceptors (Lipinski definition) is 9. The summed E-state index contributed by atoms with van der Waals surface area (Å²) in [5.74, 6) is -2.95. The van der Waals surface area contributed by atoms with Gasteiger partial charge >= 0.3 is 11.9 Å². The minimum atomic E-state index is -1.06. The molecular formula is C10H18N4O6S. The lowest BCUT2D eigenvalue weighted by molar-refractivity contribution is -0.137. The molecule has 11 heteroatoms. The topological polar surface area (TPSA) is 191 Å². The second-order valence-corrected chi connectivity index (χ2v) is 4.57. The van der Waals surface area contributed by atoms with Crippen molar-refractivity contribution in [3.05, 3.63) is 0 Å². The van der Waals surface area contributed by atoms with Crippen LogP contribution in [0.25, 0.3) is 0 Å². The van der Waals surface area contributed by atoms with E-state index in [2.05, 4.69) is 8.37 Å². The lowest BCUT2D eigenvalue weighted by Crippen LogP contribution is -2.34. The maximum absolute atomic E-state index is 11.3. The first-order valence-electron chi connectivity index (χ1n) is 5.90. The predicted octanol–water partition coefficient (Wildman–Crippen LogP) is -2.18. The number of nitrogens with two attached hydrogens (primary N) is 4. The van der Waals surface area contributed by atoms with E-state index in [9.17, 15) is 19.2 Å². The van der Waals surface area contributed by atoms with Crippen LogP contribution in [-0.4, -0.2) is 35.8 Å². The fourth-order valence-electron chi connectivity index (χ4n) is 1.04. The van der Waals surface area contributed by atoms with Crippen molar-refractivity contribution in [3.63, 3.8) is 0 Å². The summed E-state index contributed by atoms with van der Waals surface area (Å²) in [6.45, 7) is 0. The molecule has 8 N–H and O–H groups in total. The molecule has 0 saturated heterocycles. The van der Waals surface area contributed by atoms with E-state index in [1.807, 2.05) is 0 Å². The molecule has 0 aliphatic heterocycles. The highest BCUT2D eigenvalue weighted by molar-refractivity contribution is 7.90. The average Bonchev–Trinajstić information content (AvgIpc) is 2.41. The Morgan fingerprint density at radius 2 is 1.14 bits per heavy atom. The SMILES string of the molecule is NC(=O)CC[C@H](N)C(=O)OSOC(=O)[C@@H](N)CCC(N)=O. The zero-order valence-electron chi connectivity index (χ0n) is 11.2. The van der Waals surface area contributed by atoms with Crippen molar-refractivity contribution in [1.82, 2.24) is 0 Å². The van der Waals surface area contributed by atoms with Gasteiger partial charge < -0.3 is 31.3 Å².